The molecule has 1 heterocycles. The molecule has 0 aliphatic rings. The molecular weight excluding hydrogens is 232 g/mol. The van der Waals surface area contributed by atoms with E-state index in [1.807, 2.05) is 0 Å². The Hall–Kier alpha value is -1.28. The van der Waals surface area contributed by atoms with Crippen LogP contribution in [0.1, 0.15) is 40.2 Å². The monoisotopic (exact) mass is 258 g/mol. The molecule has 0 radical (unpaired) electrons. The zero-order valence-corrected chi connectivity index (χ0v) is 12.8. The molecule has 1 N–H and O–H groups in total. The Morgan fingerprint density at radius 2 is 1.84 bits per heavy atom. The molecular formula is C17H26N2. The van der Waals surface area contributed by atoms with Gasteiger partial charge in [-0.3, -0.25) is 0 Å². The van der Waals surface area contributed by atoms with Gasteiger partial charge in [-0.05, 0) is 38.3 Å². The van der Waals surface area contributed by atoms with Crippen LogP contribution in [0.2, 0.25) is 0 Å². The van der Waals surface area contributed by atoms with E-state index in [0.29, 0.717) is 5.92 Å². The van der Waals surface area contributed by atoms with E-state index in [2.05, 4.69) is 75.0 Å². The lowest BCUT2D eigenvalue weighted by atomic mass is 10.1. The summed E-state index contributed by atoms with van der Waals surface area (Å²) < 4.78 is 2.39. The van der Waals surface area contributed by atoms with E-state index in [-0.39, 0.29) is 5.54 Å². The molecule has 0 spiro atoms. The molecule has 2 aromatic rings. The van der Waals surface area contributed by atoms with Crippen molar-refractivity contribution in [2.24, 2.45) is 5.92 Å². The van der Waals surface area contributed by atoms with Crippen molar-refractivity contribution in [3.63, 3.8) is 0 Å². The van der Waals surface area contributed by atoms with Crippen molar-refractivity contribution >= 4 is 10.9 Å². The predicted octanol–water partition coefficient (Wildman–Crippen LogP) is 4.19. The lowest BCUT2D eigenvalue weighted by Gasteiger charge is -2.20. The summed E-state index contributed by atoms with van der Waals surface area (Å²) in [7, 11) is 0. The van der Waals surface area contributed by atoms with E-state index in [0.717, 1.165) is 13.1 Å². The van der Waals surface area contributed by atoms with Gasteiger partial charge in [0.2, 0.25) is 0 Å². The van der Waals surface area contributed by atoms with Gasteiger partial charge in [0.1, 0.15) is 0 Å². The number of hydrogen-bond acceptors (Lipinski definition) is 1. The number of benzene rings is 1. The van der Waals surface area contributed by atoms with Gasteiger partial charge >= 0.3 is 0 Å². The minimum absolute atomic E-state index is 0.154. The summed E-state index contributed by atoms with van der Waals surface area (Å²) in [6, 6.07) is 8.70. The van der Waals surface area contributed by atoms with E-state index in [1.165, 1.54) is 16.5 Å². The average Bonchev–Trinajstić information content (AvgIpc) is 2.64. The Labute approximate surface area is 116 Å². The van der Waals surface area contributed by atoms with Gasteiger partial charge in [0.05, 0.1) is 0 Å². The van der Waals surface area contributed by atoms with E-state index in [1.54, 1.807) is 0 Å². The van der Waals surface area contributed by atoms with Crippen LogP contribution in [-0.4, -0.2) is 10.1 Å². The summed E-state index contributed by atoms with van der Waals surface area (Å²) in [6.45, 7) is 13.2. The van der Waals surface area contributed by atoms with Crippen molar-refractivity contribution in [3.05, 3.63) is 36.0 Å². The molecule has 0 saturated heterocycles. The Balaban J connectivity index is 2.33. The molecule has 1 aromatic heterocycles. The lowest BCUT2D eigenvalue weighted by molar-refractivity contribution is 0.424. The van der Waals surface area contributed by atoms with Crippen LogP contribution in [0.3, 0.4) is 0 Å². The molecule has 19 heavy (non-hydrogen) atoms. The normalized spacial score (nSPS) is 12.5. The van der Waals surface area contributed by atoms with Gasteiger partial charge in [0.15, 0.2) is 0 Å². The largest absolute Gasteiger partial charge is 0.347 e. The van der Waals surface area contributed by atoms with Crippen molar-refractivity contribution in [2.75, 3.05) is 0 Å². The second-order valence-corrected chi connectivity index (χ2v) is 6.82. The lowest BCUT2D eigenvalue weighted by Crippen LogP contribution is -2.34. The summed E-state index contributed by atoms with van der Waals surface area (Å²) in [6.07, 6.45) is 2.31. The van der Waals surface area contributed by atoms with Crippen molar-refractivity contribution < 1.29 is 0 Å². The molecule has 0 aliphatic heterocycles. The molecule has 0 bridgehead atoms. The van der Waals surface area contributed by atoms with Crippen LogP contribution < -0.4 is 5.32 Å². The SMILES string of the molecule is CC(C)Cn1cc(CNC(C)(C)C)c2ccccc21. The zero-order chi connectivity index (χ0) is 14.0. The van der Waals surface area contributed by atoms with Crippen molar-refractivity contribution in [1.29, 1.82) is 0 Å². The number of fused-ring (bicyclic) bond motifs is 1. The maximum atomic E-state index is 3.58. The highest BCUT2D eigenvalue weighted by atomic mass is 15.0. The van der Waals surface area contributed by atoms with Crippen LogP contribution in [0.25, 0.3) is 10.9 Å². The Bertz CT molecular complexity index is 544. The average molecular weight is 258 g/mol. The third kappa shape index (κ3) is 3.60. The predicted molar refractivity (Wildman–Crippen MR) is 83.4 cm³/mol. The summed E-state index contributed by atoms with van der Waals surface area (Å²) in [4.78, 5) is 0. The first-order valence-electron chi connectivity index (χ1n) is 7.18. The quantitative estimate of drug-likeness (QED) is 0.870. The van der Waals surface area contributed by atoms with E-state index < -0.39 is 0 Å². The molecule has 0 fully saturated rings. The molecule has 2 rings (SSSR count). The van der Waals surface area contributed by atoms with Crippen LogP contribution in [0.15, 0.2) is 30.5 Å². The van der Waals surface area contributed by atoms with Crippen LogP contribution in [0.5, 0.6) is 0 Å². The minimum atomic E-state index is 0.154. The van der Waals surface area contributed by atoms with Gasteiger partial charge in [-0.1, -0.05) is 32.0 Å². The molecule has 0 saturated carbocycles. The molecule has 2 nitrogen and oxygen atoms in total. The van der Waals surface area contributed by atoms with E-state index >= 15 is 0 Å². The van der Waals surface area contributed by atoms with Gasteiger partial charge in [-0.15, -0.1) is 0 Å². The molecule has 0 aliphatic carbocycles. The Morgan fingerprint density at radius 1 is 1.16 bits per heavy atom. The van der Waals surface area contributed by atoms with Crippen molar-refractivity contribution in [3.8, 4) is 0 Å². The number of para-hydroxylation sites is 1. The number of rotatable bonds is 4. The highest BCUT2D eigenvalue weighted by Gasteiger charge is 2.12. The molecule has 104 valence electrons. The van der Waals surface area contributed by atoms with E-state index in [9.17, 15) is 0 Å². The van der Waals surface area contributed by atoms with E-state index in [4.69, 9.17) is 0 Å². The Kier molecular flexibility index (Phi) is 4.00. The van der Waals surface area contributed by atoms with Crippen LogP contribution in [0.4, 0.5) is 0 Å². The van der Waals surface area contributed by atoms with Gasteiger partial charge < -0.3 is 9.88 Å². The van der Waals surface area contributed by atoms with Crippen LogP contribution in [0, 0.1) is 5.92 Å². The first-order valence-corrected chi connectivity index (χ1v) is 7.18. The van der Waals surface area contributed by atoms with Gasteiger partial charge in [0, 0.05) is 35.7 Å². The highest BCUT2D eigenvalue weighted by molar-refractivity contribution is 5.83. The smallest absolute Gasteiger partial charge is 0.0483 e. The fourth-order valence-electron chi connectivity index (χ4n) is 2.37. The Morgan fingerprint density at radius 3 is 2.47 bits per heavy atom. The minimum Gasteiger partial charge on any atom is -0.347 e. The fraction of sp³-hybridized carbons (Fsp3) is 0.529. The van der Waals surface area contributed by atoms with Crippen molar-refractivity contribution in [2.45, 2.75) is 53.2 Å². The first kappa shape index (κ1) is 14.1. The standard InChI is InChI=1S/C17H26N2/c1-13(2)11-19-12-14(10-18-17(3,4)5)15-8-6-7-9-16(15)19/h6-9,12-13,18H,10-11H2,1-5H3. The zero-order valence-electron chi connectivity index (χ0n) is 12.8. The number of aromatic nitrogens is 1. The number of hydrogen-bond donors (Lipinski definition) is 1. The molecule has 2 heteroatoms. The summed E-state index contributed by atoms with van der Waals surface area (Å²) in [5.41, 5.74) is 2.90. The van der Waals surface area contributed by atoms with Gasteiger partial charge in [-0.25, -0.2) is 0 Å². The highest BCUT2D eigenvalue weighted by Crippen LogP contribution is 2.22. The molecule has 1 aromatic carbocycles. The van der Waals surface area contributed by atoms with Gasteiger partial charge in [0.25, 0.3) is 0 Å². The third-order valence-corrected chi connectivity index (χ3v) is 3.24. The van der Waals surface area contributed by atoms with Crippen LogP contribution in [-0.2, 0) is 13.1 Å². The molecule has 0 atom stereocenters. The first-order chi connectivity index (χ1) is 8.87. The summed E-state index contributed by atoms with van der Waals surface area (Å²) in [5.74, 6) is 0.666. The van der Waals surface area contributed by atoms with Gasteiger partial charge in [-0.2, -0.15) is 0 Å². The third-order valence-electron chi connectivity index (χ3n) is 3.24. The number of nitrogens with zero attached hydrogens (tertiary/aromatic N) is 1. The molecule has 0 amide bonds. The maximum absolute atomic E-state index is 3.58. The number of nitrogens with one attached hydrogen (secondary N) is 1. The maximum Gasteiger partial charge on any atom is 0.0483 e. The van der Waals surface area contributed by atoms with Crippen molar-refractivity contribution in [1.82, 2.24) is 9.88 Å². The summed E-state index contributed by atoms with van der Waals surface area (Å²) in [5, 5.41) is 4.96. The second kappa shape index (κ2) is 5.38. The topological polar surface area (TPSA) is 17.0 Å². The second-order valence-electron chi connectivity index (χ2n) is 6.82. The molecule has 0 unspecified atom stereocenters. The summed E-state index contributed by atoms with van der Waals surface area (Å²) >= 11 is 0. The fourth-order valence-corrected chi connectivity index (χ4v) is 2.37. The van der Waals surface area contributed by atoms with Crippen LogP contribution >= 0.6 is 0 Å².